The first-order chi connectivity index (χ1) is 7.86. The van der Waals surface area contributed by atoms with E-state index in [9.17, 15) is 0 Å². The van der Waals surface area contributed by atoms with E-state index in [0.717, 1.165) is 24.2 Å². The molecule has 3 heterocycles. The van der Waals surface area contributed by atoms with Crippen LogP contribution in [0.1, 0.15) is 36.6 Å². The summed E-state index contributed by atoms with van der Waals surface area (Å²) in [5.41, 5.74) is 6.62. The van der Waals surface area contributed by atoms with Crippen LogP contribution in [0.3, 0.4) is 0 Å². The number of hydrogen-bond acceptors (Lipinski definition) is 4. The zero-order chi connectivity index (χ0) is 11.0. The molecule has 2 bridgehead atoms. The second-order valence-corrected chi connectivity index (χ2v) is 4.70. The lowest BCUT2D eigenvalue weighted by atomic mass is 9.88. The number of ether oxygens (including phenoxy) is 1. The van der Waals surface area contributed by atoms with Crippen molar-refractivity contribution < 1.29 is 4.74 Å². The highest BCUT2D eigenvalue weighted by Gasteiger charge is 2.42. The van der Waals surface area contributed by atoms with Gasteiger partial charge in [-0.1, -0.05) is 0 Å². The Kier molecular flexibility index (Phi) is 2.61. The van der Waals surface area contributed by atoms with Gasteiger partial charge in [-0.05, 0) is 37.8 Å². The number of hydrogen-bond donors (Lipinski definition) is 1. The fraction of sp³-hybridized carbons (Fsp3) is 0.667. The van der Waals surface area contributed by atoms with E-state index < -0.39 is 0 Å². The Morgan fingerprint density at radius 3 is 2.69 bits per heavy atom. The molecule has 0 spiro atoms. The van der Waals surface area contributed by atoms with Crippen molar-refractivity contribution in [2.45, 2.75) is 43.8 Å². The van der Waals surface area contributed by atoms with Gasteiger partial charge in [0.2, 0.25) is 0 Å². The van der Waals surface area contributed by atoms with Crippen LogP contribution in [0.25, 0.3) is 0 Å². The highest BCUT2D eigenvalue weighted by atomic mass is 16.5. The van der Waals surface area contributed by atoms with Gasteiger partial charge in [-0.3, -0.25) is 0 Å². The van der Waals surface area contributed by atoms with Crippen molar-refractivity contribution in [3.63, 3.8) is 0 Å². The third-order valence-electron chi connectivity index (χ3n) is 3.60. The molecule has 4 heteroatoms. The van der Waals surface area contributed by atoms with Gasteiger partial charge >= 0.3 is 0 Å². The van der Waals surface area contributed by atoms with Crippen molar-refractivity contribution in [2.75, 3.05) is 6.54 Å². The van der Waals surface area contributed by atoms with E-state index in [2.05, 4.69) is 9.97 Å². The molecule has 2 aliphatic heterocycles. The average Bonchev–Trinajstić information content (AvgIpc) is 2.92. The van der Waals surface area contributed by atoms with Gasteiger partial charge in [-0.25, -0.2) is 9.97 Å². The van der Waals surface area contributed by atoms with Crippen LogP contribution in [0.2, 0.25) is 0 Å². The Bertz CT molecular complexity index is 365. The summed E-state index contributed by atoms with van der Waals surface area (Å²) in [4.78, 5) is 8.90. The predicted molar refractivity (Wildman–Crippen MR) is 60.0 cm³/mol. The van der Waals surface area contributed by atoms with Crippen LogP contribution in [0.5, 0.6) is 0 Å². The SMILES string of the molecule is NCCc1cnc(C2CC3CCC2O3)nc1. The maximum Gasteiger partial charge on any atom is 0.133 e. The second kappa shape index (κ2) is 4.11. The molecule has 1 aromatic heterocycles. The first-order valence-corrected chi connectivity index (χ1v) is 6.03. The van der Waals surface area contributed by atoms with Crippen molar-refractivity contribution in [1.82, 2.24) is 9.97 Å². The zero-order valence-electron chi connectivity index (χ0n) is 9.30. The van der Waals surface area contributed by atoms with Gasteiger partial charge in [-0.15, -0.1) is 0 Å². The lowest BCUT2D eigenvalue weighted by Gasteiger charge is -2.16. The summed E-state index contributed by atoms with van der Waals surface area (Å²) in [7, 11) is 0. The summed E-state index contributed by atoms with van der Waals surface area (Å²) >= 11 is 0. The highest BCUT2D eigenvalue weighted by molar-refractivity contribution is 5.12. The van der Waals surface area contributed by atoms with Crippen molar-refractivity contribution in [3.8, 4) is 0 Å². The van der Waals surface area contributed by atoms with Crippen LogP contribution in [0.15, 0.2) is 12.4 Å². The van der Waals surface area contributed by atoms with E-state index in [1.165, 1.54) is 12.8 Å². The molecule has 0 radical (unpaired) electrons. The Hall–Kier alpha value is -1.00. The summed E-state index contributed by atoms with van der Waals surface area (Å²) in [5, 5.41) is 0. The molecular weight excluding hydrogens is 202 g/mol. The Balaban J connectivity index is 1.75. The summed E-state index contributed by atoms with van der Waals surface area (Å²) in [6, 6.07) is 0. The molecule has 2 saturated heterocycles. The molecule has 2 aliphatic rings. The lowest BCUT2D eigenvalue weighted by molar-refractivity contribution is 0.0998. The van der Waals surface area contributed by atoms with Crippen molar-refractivity contribution in [2.24, 2.45) is 5.73 Å². The van der Waals surface area contributed by atoms with E-state index in [-0.39, 0.29) is 0 Å². The van der Waals surface area contributed by atoms with Crippen LogP contribution in [-0.4, -0.2) is 28.7 Å². The molecule has 16 heavy (non-hydrogen) atoms. The molecule has 0 saturated carbocycles. The minimum absolute atomic E-state index is 0.366. The minimum Gasteiger partial charge on any atom is -0.374 e. The molecule has 3 atom stereocenters. The number of nitrogens with zero attached hydrogens (tertiary/aromatic N) is 2. The van der Waals surface area contributed by atoms with Crippen LogP contribution >= 0.6 is 0 Å². The second-order valence-electron chi connectivity index (χ2n) is 4.70. The molecule has 4 nitrogen and oxygen atoms in total. The Morgan fingerprint density at radius 1 is 1.31 bits per heavy atom. The molecule has 86 valence electrons. The largest absolute Gasteiger partial charge is 0.374 e. The summed E-state index contributed by atoms with van der Waals surface area (Å²) < 4.78 is 5.82. The number of nitrogens with two attached hydrogens (primary N) is 1. The molecule has 0 amide bonds. The fourth-order valence-corrected chi connectivity index (χ4v) is 2.76. The van der Waals surface area contributed by atoms with Gasteiger partial charge in [0.05, 0.1) is 12.2 Å². The molecule has 2 fully saturated rings. The molecule has 0 aliphatic carbocycles. The van der Waals surface area contributed by atoms with E-state index in [0.29, 0.717) is 24.7 Å². The molecule has 2 N–H and O–H groups in total. The monoisotopic (exact) mass is 219 g/mol. The maximum atomic E-state index is 5.82. The summed E-state index contributed by atoms with van der Waals surface area (Å²) in [6.07, 6.45) is 8.97. The van der Waals surface area contributed by atoms with Gasteiger partial charge in [0, 0.05) is 18.3 Å². The topological polar surface area (TPSA) is 61.0 Å². The quantitative estimate of drug-likeness (QED) is 0.824. The first kappa shape index (κ1) is 10.2. The molecular formula is C12H17N3O. The van der Waals surface area contributed by atoms with E-state index in [1.54, 1.807) is 0 Å². The third kappa shape index (κ3) is 1.72. The number of rotatable bonds is 3. The Labute approximate surface area is 95.2 Å². The summed E-state index contributed by atoms with van der Waals surface area (Å²) in [5.74, 6) is 1.37. The molecule has 3 rings (SSSR count). The van der Waals surface area contributed by atoms with Gasteiger partial charge in [0.15, 0.2) is 0 Å². The van der Waals surface area contributed by atoms with Gasteiger partial charge in [0.25, 0.3) is 0 Å². The van der Waals surface area contributed by atoms with Crippen molar-refractivity contribution >= 4 is 0 Å². The van der Waals surface area contributed by atoms with Crippen LogP contribution in [0, 0.1) is 0 Å². The highest BCUT2D eigenvalue weighted by Crippen LogP contribution is 2.43. The molecule has 3 unspecified atom stereocenters. The van der Waals surface area contributed by atoms with Gasteiger partial charge in [-0.2, -0.15) is 0 Å². The first-order valence-electron chi connectivity index (χ1n) is 6.03. The smallest absolute Gasteiger partial charge is 0.133 e. The van der Waals surface area contributed by atoms with Crippen LogP contribution < -0.4 is 5.73 Å². The van der Waals surface area contributed by atoms with E-state index in [4.69, 9.17) is 10.5 Å². The maximum absolute atomic E-state index is 5.82. The van der Waals surface area contributed by atoms with Crippen LogP contribution in [0.4, 0.5) is 0 Å². The standard InChI is InChI=1S/C12H17N3O/c13-4-3-8-6-14-12(15-7-8)10-5-9-1-2-11(10)16-9/h6-7,9-11H,1-5,13H2. The summed E-state index contributed by atoms with van der Waals surface area (Å²) in [6.45, 7) is 0.653. The zero-order valence-corrected chi connectivity index (χ0v) is 9.30. The lowest BCUT2D eigenvalue weighted by Crippen LogP contribution is -2.17. The number of aromatic nitrogens is 2. The van der Waals surface area contributed by atoms with Crippen molar-refractivity contribution in [3.05, 3.63) is 23.8 Å². The predicted octanol–water partition coefficient (Wildman–Crippen LogP) is 1.01. The van der Waals surface area contributed by atoms with Crippen molar-refractivity contribution in [1.29, 1.82) is 0 Å². The Morgan fingerprint density at radius 2 is 2.12 bits per heavy atom. The van der Waals surface area contributed by atoms with E-state index in [1.807, 2.05) is 12.4 Å². The number of fused-ring (bicyclic) bond motifs is 2. The molecule has 0 aromatic carbocycles. The fourth-order valence-electron chi connectivity index (χ4n) is 2.76. The minimum atomic E-state index is 0.366. The average molecular weight is 219 g/mol. The normalized spacial score (nSPS) is 32.2. The van der Waals surface area contributed by atoms with Crippen LogP contribution in [-0.2, 0) is 11.2 Å². The molecule has 1 aromatic rings. The van der Waals surface area contributed by atoms with Gasteiger partial charge in [0.1, 0.15) is 5.82 Å². The van der Waals surface area contributed by atoms with Gasteiger partial charge < -0.3 is 10.5 Å². The van der Waals surface area contributed by atoms with E-state index >= 15 is 0 Å². The third-order valence-corrected chi connectivity index (χ3v) is 3.60.